The minimum Gasteiger partial charge on any atom is -0.444 e. The summed E-state index contributed by atoms with van der Waals surface area (Å²) in [5.41, 5.74) is -0.552. The lowest BCUT2D eigenvalue weighted by Gasteiger charge is -2.25. The molecule has 1 aliphatic rings. The van der Waals surface area contributed by atoms with Crippen LogP contribution >= 0.6 is 0 Å². The van der Waals surface area contributed by atoms with E-state index in [4.69, 9.17) is 4.74 Å². The second-order valence-electron chi connectivity index (χ2n) is 6.21. The van der Waals surface area contributed by atoms with Gasteiger partial charge in [0.05, 0.1) is 0 Å². The number of nitrogens with one attached hydrogen (secondary N) is 2. The second kappa shape index (κ2) is 6.78. The molecule has 1 fully saturated rings. The predicted molar refractivity (Wildman–Crippen MR) is 73.8 cm³/mol. The molecule has 1 rings (SSSR count). The van der Waals surface area contributed by atoms with E-state index in [1.165, 1.54) is 19.3 Å². The summed E-state index contributed by atoms with van der Waals surface area (Å²) in [5, 5.41) is 5.53. The quantitative estimate of drug-likeness (QED) is 0.827. The first kappa shape index (κ1) is 15.8. The largest absolute Gasteiger partial charge is 0.444 e. The van der Waals surface area contributed by atoms with Gasteiger partial charge < -0.3 is 15.4 Å². The van der Waals surface area contributed by atoms with Crippen molar-refractivity contribution in [3.63, 3.8) is 0 Å². The molecule has 1 saturated carbocycles. The lowest BCUT2D eigenvalue weighted by atomic mass is 9.95. The Hall–Kier alpha value is -1.26. The molecule has 0 aromatic rings. The van der Waals surface area contributed by atoms with Gasteiger partial charge in [-0.15, -0.1) is 0 Å². The summed E-state index contributed by atoms with van der Waals surface area (Å²) in [6.45, 7) is 7.04. The number of alkyl carbamates (subject to hydrolysis) is 1. The summed E-state index contributed by atoms with van der Waals surface area (Å²) in [6, 6.07) is -0.319. The molecule has 5 nitrogen and oxygen atoms in total. The van der Waals surface area contributed by atoms with Crippen molar-refractivity contribution in [2.24, 2.45) is 0 Å². The summed E-state index contributed by atoms with van der Waals surface area (Å²) in [7, 11) is 0. The normalized spacial score (nSPS) is 18.5. The molecule has 0 unspecified atom stereocenters. The van der Waals surface area contributed by atoms with Crippen LogP contribution in [0.3, 0.4) is 0 Å². The molecule has 2 amide bonds. The third-order valence-electron chi connectivity index (χ3n) is 3.08. The van der Waals surface area contributed by atoms with E-state index in [0.29, 0.717) is 0 Å². The maximum atomic E-state index is 11.9. The van der Waals surface area contributed by atoms with E-state index in [9.17, 15) is 9.59 Å². The van der Waals surface area contributed by atoms with E-state index in [1.54, 1.807) is 27.7 Å². The van der Waals surface area contributed by atoms with Crippen molar-refractivity contribution in [3.05, 3.63) is 0 Å². The van der Waals surface area contributed by atoms with Gasteiger partial charge in [0.2, 0.25) is 5.91 Å². The molecule has 0 heterocycles. The summed E-state index contributed by atoms with van der Waals surface area (Å²) < 4.78 is 5.12. The van der Waals surface area contributed by atoms with E-state index in [-0.39, 0.29) is 11.9 Å². The molecule has 0 bridgehead atoms. The lowest BCUT2D eigenvalue weighted by molar-refractivity contribution is -0.123. The van der Waals surface area contributed by atoms with Crippen LogP contribution in [-0.4, -0.2) is 29.7 Å². The Morgan fingerprint density at radius 2 is 1.74 bits per heavy atom. The lowest BCUT2D eigenvalue weighted by Crippen LogP contribution is -2.49. The van der Waals surface area contributed by atoms with Crippen molar-refractivity contribution in [1.82, 2.24) is 10.6 Å². The van der Waals surface area contributed by atoms with Gasteiger partial charge in [0, 0.05) is 6.04 Å². The minimum absolute atomic E-state index is 0.141. The van der Waals surface area contributed by atoms with E-state index in [2.05, 4.69) is 10.6 Å². The predicted octanol–water partition coefficient (Wildman–Crippen LogP) is 2.35. The monoisotopic (exact) mass is 270 g/mol. The molecular weight excluding hydrogens is 244 g/mol. The number of hydrogen-bond acceptors (Lipinski definition) is 3. The fourth-order valence-electron chi connectivity index (χ4n) is 2.12. The van der Waals surface area contributed by atoms with Crippen molar-refractivity contribution in [1.29, 1.82) is 0 Å². The number of rotatable bonds is 3. The number of amides is 2. The van der Waals surface area contributed by atoms with Crippen molar-refractivity contribution in [2.45, 2.75) is 77.5 Å². The van der Waals surface area contributed by atoms with Gasteiger partial charge in [-0.2, -0.15) is 0 Å². The third kappa shape index (κ3) is 6.45. The maximum Gasteiger partial charge on any atom is 0.408 e. The number of carbonyl (C=O) groups excluding carboxylic acids is 2. The second-order valence-corrected chi connectivity index (χ2v) is 6.21. The minimum atomic E-state index is -0.572. The average molecular weight is 270 g/mol. The van der Waals surface area contributed by atoms with Crippen LogP contribution in [0.1, 0.15) is 59.8 Å². The number of carbonyl (C=O) groups is 2. The Labute approximate surface area is 115 Å². The molecule has 0 aromatic heterocycles. The van der Waals surface area contributed by atoms with Crippen LogP contribution in [0.5, 0.6) is 0 Å². The number of hydrogen-bond donors (Lipinski definition) is 2. The highest BCUT2D eigenvalue weighted by Gasteiger charge is 2.23. The van der Waals surface area contributed by atoms with Gasteiger partial charge in [0.25, 0.3) is 0 Å². The Kier molecular flexibility index (Phi) is 5.63. The fourth-order valence-corrected chi connectivity index (χ4v) is 2.12. The van der Waals surface area contributed by atoms with Crippen LogP contribution in [-0.2, 0) is 9.53 Å². The Balaban J connectivity index is 2.33. The van der Waals surface area contributed by atoms with Gasteiger partial charge in [-0.3, -0.25) is 4.79 Å². The standard InChI is InChI=1S/C14H26N2O3/c1-10(15-13(18)19-14(2,3)4)12(17)16-11-8-6-5-7-9-11/h10-11H,5-9H2,1-4H3,(H,15,18)(H,16,17)/t10-/m1/s1. The van der Waals surface area contributed by atoms with Crippen LogP contribution in [0.2, 0.25) is 0 Å². The van der Waals surface area contributed by atoms with Crippen LogP contribution in [0.4, 0.5) is 4.79 Å². The molecule has 110 valence electrons. The van der Waals surface area contributed by atoms with Gasteiger partial charge >= 0.3 is 6.09 Å². The Bertz CT molecular complexity index is 317. The molecular formula is C14H26N2O3. The van der Waals surface area contributed by atoms with Crippen LogP contribution in [0.25, 0.3) is 0 Å². The summed E-state index contributed by atoms with van der Waals surface area (Å²) in [4.78, 5) is 23.5. The summed E-state index contributed by atoms with van der Waals surface area (Å²) in [6.07, 6.45) is 5.09. The van der Waals surface area contributed by atoms with Gasteiger partial charge in [0.15, 0.2) is 0 Å². The average Bonchev–Trinajstić information content (AvgIpc) is 2.27. The molecule has 1 aliphatic carbocycles. The van der Waals surface area contributed by atoms with Crippen molar-refractivity contribution in [2.75, 3.05) is 0 Å². The van der Waals surface area contributed by atoms with Crippen molar-refractivity contribution in [3.8, 4) is 0 Å². The van der Waals surface area contributed by atoms with Gasteiger partial charge in [0.1, 0.15) is 11.6 Å². The molecule has 1 atom stereocenters. The van der Waals surface area contributed by atoms with Crippen molar-refractivity contribution < 1.29 is 14.3 Å². The van der Waals surface area contributed by atoms with Crippen molar-refractivity contribution >= 4 is 12.0 Å². The van der Waals surface area contributed by atoms with Gasteiger partial charge in [-0.1, -0.05) is 19.3 Å². The molecule has 0 radical (unpaired) electrons. The number of ether oxygens (including phenoxy) is 1. The van der Waals surface area contributed by atoms with Crippen LogP contribution in [0.15, 0.2) is 0 Å². The first-order valence-electron chi connectivity index (χ1n) is 7.08. The Morgan fingerprint density at radius 3 is 2.26 bits per heavy atom. The topological polar surface area (TPSA) is 67.4 Å². The highest BCUT2D eigenvalue weighted by molar-refractivity contribution is 5.85. The fraction of sp³-hybridized carbons (Fsp3) is 0.857. The zero-order chi connectivity index (χ0) is 14.5. The van der Waals surface area contributed by atoms with E-state index < -0.39 is 17.7 Å². The first-order valence-corrected chi connectivity index (χ1v) is 7.08. The van der Waals surface area contributed by atoms with E-state index in [0.717, 1.165) is 12.8 Å². The van der Waals surface area contributed by atoms with Gasteiger partial charge in [-0.05, 0) is 40.5 Å². The highest BCUT2D eigenvalue weighted by Crippen LogP contribution is 2.17. The molecule has 5 heteroatoms. The van der Waals surface area contributed by atoms with Gasteiger partial charge in [-0.25, -0.2) is 4.79 Å². The first-order chi connectivity index (χ1) is 8.78. The van der Waals surface area contributed by atoms with E-state index >= 15 is 0 Å². The molecule has 0 aromatic carbocycles. The van der Waals surface area contributed by atoms with E-state index in [1.807, 2.05) is 0 Å². The van der Waals surface area contributed by atoms with Crippen LogP contribution in [0, 0.1) is 0 Å². The molecule has 19 heavy (non-hydrogen) atoms. The zero-order valence-corrected chi connectivity index (χ0v) is 12.4. The summed E-state index contributed by atoms with van der Waals surface area (Å²) >= 11 is 0. The maximum absolute atomic E-state index is 11.9. The zero-order valence-electron chi connectivity index (χ0n) is 12.4. The molecule has 2 N–H and O–H groups in total. The van der Waals surface area contributed by atoms with Crippen LogP contribution < -0.4 is 10.6 Å². The molecule has 0 saturated heterocycles. The summed E-state index contributed by atoms with van der Waals surface area (Å²) in [5.74, 6) is -0.141. The molecule has 0 aliphatic heterocycles. The third-order valence-corrected chi connectivity index (χ3v) is 3.08. The highest BCUT2D eigenvalue weighted by atomic mass is 16.6. The molecule has 0 spiro atoms. The smallest absolute Gasteiger partial charge is 0.408 e. The Morgan fingerprint density at radius 1 is 1.16 bits per heavy atom. The SMILES string of the molecule is C[C@@H](NC(=O)OC(C)(C)C)C(=O)NC1CCCCC1.